The fraction of sp³-hybridized carbons (Fsp3) is 0.556. The third-order valence-electron chi connectivity index (χ3n) is 5.67. The van der Waals surface area contributed by atoms with Gasteiger partial charge in [-0.3, -0.25) is 9.78 Å². The molecule has 0 bridgehead atoms. The standard InChI is InChI=1S/C18H19F2N5O5S/c19-15(20)18-24-23-17(30-18)10-5-14-12(21-6-10)7-25(31(14,27)28)13-8-29-4-3-11(13)22-16(26)9-1-2-9/h5-6,9,11,13,15H,1-4,7-8H2,(H,22,26)/t11-,13-/m1/s1. The second-order valence-electron chi connectivity index (χ2n) is 7.79. The number of nitrogens with zero attached hydrogens (tertiary/aromatic N) is 4. The minimum atomic E-state index is -3.96. The van der Waals surface area contributed by atoms with Gasteiger partial charge in [-0.2, -0.15) is 13.1 Å². The lowest BCUT2D eigenvalue weighted by Crippen LogP contribution is -2.56. The number of carbonyl (C=O) groups is 1. The second kappa shape index (κ2) is 7.57. The Labute approximate surface area is 176 Å². The zero-order chi connectivity index (χ0) is 21.8. The van der Waals surface area contributed by atoms with Crippen molar-refractivity contribution in [3.05, 3.63) is 23.8 Å². The van der Waals surface area contributed by atoms with Crippen molar-refractivity contribution in [3.8, 4) is 11.5 Å². The van der Waals surface area contributed by atoms with Crippen LogP contribution in [0.2, 0.25) is 0 Å². The monoisotopic (exact) mass is 455 g/mol. The van der Waals surface area contributed by atoms with E-state index in [9.17, 15) is 22.0 Å². The van der Waals surface area contributed by atoms with Gasteiger partial charge in [0.1, 0.15) is 4.90 Å². The van der Waals surface area contributed by atoms with Crippen LogP contribution >= 0.6 is 0 Å². The van der Waals surface area contributed by atoms with E-state index in [1.54, 1.807) is 0 Å². The van der Waals surface area contributed by atoms with E-state index in [0.29, 0.717) is 18.7 Å². The maximum atomic E-state index is 13.3. The van der Waals surface area contributed by atoms with Crippen LogP contribution in [-0.2, 0) is 26.1 Å². The maximum Gasteiger partial charge on any atom is 0.314 e. The summed E-state index contributed by atoms with van der Waals surface area (Å²) < 4.78 is 63.7. The summed E-state index contributed by atoms with van der Waals surface area (Å²) in [5.41, 5.74) is 0.442. The first-order valence-electron chi connectivity index (χ1n) is 9.85. The van der Waals surface area contributed by atoms with Gasteiger partial charge in [-0.15, -0.1) is 10.2 Å². The van der Waals surface area contributed by atoms with Gasteiger partial charge in [-0.25, -0.2) is 8.42 Å². The summed E-state index contributed by atoms with van der Waals surface area (Å²) in [5, 5.41) is 9.77. The van der Waals surface area contributed by atoms with Crippen molar-refractivity contribution in [2.45, 2.75) is 49.2 Å². The molecule has 0 radical (unpaired) electrons. The summed E-state index contributed by atoms with van der Waals surface area (Å²) in [5.74, 6) is -1.14. The number of pyridine rings is 1. The zero-order valence-electron chi connectivity index (χ0n) is 16.2. The van der Waals surface area contributed by atoms with Gasteiger partial charge in [0.15, 0.2) is 0 Å². The van der Waals surface area contributed by atoms with Gasteiger partial charge >= 0.3 is 6.43 Å². The lowest BCUT2D eigenvalue weighted by molar-refractivity contribution is -0.124. The van der Waals surface area contributed by atoms with Crippen LogP contribution in [0.1, 0.15) is 37.3 Å². The molecule has 13 heteroatoms. The normalized spacial score (nSPS) is 25.5. The quantitative estimate of drug-likeness (QED) is 0.714. The van der Waals surface area contributed by atoms with E-state index in [1.165, 1.54) is 16.6 Å². The Morgan fingerprint density at radius 1 is 1.26 bits per heavy atom. The number of halogens is 2. The molecule has 5 rings (SSSR count). The van der Waals surface area contributed by atoms with Crippen LogP contribution in [0.5, 0.6) is 0 Å². The number of ether oxygens (including phenoxy) is 1. The van der Waals surface area contributed by atoms with E-state index >= 15 is 0 Å². The van der Waals surface area contributed by atoms with Crippen LogP contribution < -0.4 is 5.32 Å². The first kappa shape index (κ1) is 20.4. The minimum absolute atomic E-state index is 0.00707. The molecule has 2 aromatic heterocycles. The molecule has 1 amide bonds. The molecule has 4 heterocycles. The predicted octanol–water partition coefficient (Wildman–Crippen LogP) is 1.26. The highest BCUT2D eigenvalue weighted by molar-refractivity contribution is 7.89. The molecule has 0 spiro atoms. The topological polar surface area (TPSA) is 128 Å². The molecule has 1 N–H and O–H groups in total. The van der Waals surface area contributed by atoms with E-state index < -0.39 is 28.4 Å². The summed E-state index contributed by atoms with van der Waals surface area (Å²) in [6, 6.07) is 0.352. The molecule has 2 fully saturated rings. The van der Waals surface area contributed by atoms with Gasteiger partial charge in [0.05, 0.1) is 30.5 Å². The molecule has 1 aliphatic carbocycles. The number of rotatable bonds is 5. The van der Waals surface area contributed by atoms with Crippen molar-refractivity contribution in [2.24, 2.45) is 5.92 Å². The highest BCUT2D eigenvalue weighted by atomic mass is 32.2. The highest BCUT2D eigenvalue weighted by Crippen LogP contribution is 2.36. The van der Waals surface area contributed by atoms with Crippen LogP contribution in [-0.4, -0.2) is 59.1 Å². The Balaban J connectivity index is 1.42. The molecular formula is C18H19F2N5O5S. The molecule has 2 aliphatic heterocycles. The summed E-state index contributed by atoms with van der Waals surface area (Å²) in [4.78, 5) is 16.4. The van der Waals surface area contributed by atoms with Crippen molar-refractivity contribution in [2.75, 3.05) is 13.2 Å². The smallest absolute Gasteiger partial charge is 0.314 e. The number of alkyl halides is 2. The molecule has 2 aromatic rings. The van der Waals surface area contributed by atoms with Gasteiger partial charge in [0, 0.05) is 24.8 Å². The summed E-state index contributed by atoms with van der Waals surface area (Å²) in [6.07, 6.45) is 0.579. The van der Waals surface area contributed by atoms with Gasteiger partial charge in [-0.05, 0) is 25.3 Å². The van der Waals surface area contributed by atoms with E-state index in [4.69, 9.17) is 9.15 Å². The summed E-state index contributed by atoms with van der Waals surface area (Å²) in [7, 11) is -3.96. The summed E-state index contributed by atoms with van der Waals surface area (Å²) in [6.45, 7) is 0.601. The van der Waals surface area contributed by atoms with Crippen LogP contribution in [0, 0.1) is 5.92 Å². The molecule has 10 nitrogen and oxygen atoms in total. The summed E-state index contributed by atoms with van der Waals surface area (Å²) >= 11 is 0. The van der Waals surface area contributed by atoms with E-state index in [0.717, 1.165) is 12.8 Å². The molecule has 1 saturated carbocycles. The number of aromatic nitrogens is 3. The largest absolute Gasteiger partial charge is 0.415 e. The van der Waals surface area contributed by atoms with Crippen molar-refractivity contribution in [1.29, 1.82) is 0 Å². The fourth-order valence-electron chi connectivity index (χ4n) is 3.85. The number of hydrogen-bond acceptors (Lipinski definition) is 8. The average Bonchev–Trinajstić information content (AvgIpc) is 3.42. The Kier molecular flexibility index (Phi) is 4.98. The van der Waals surface area contributed by atoms with E-state index in [2.05, 4.69) is 20.5 Å². The Hall–Kier alpha value is -2.51. The predicted molar refractivity (Wildman–Crippen MR) is 99.1 cm³/mol. The second-order valence-corrected chi connectivity index (χ2v) is 9.64. The number of hydrogen-bond donors (Lipinski definition) is 1. The highest BCUT2D eigenvalue weighted by Gasteiger charge is 2.45. The number of carbonyl (C=O) groups excluding carboxylic acids is 1. The van der Waals surface area contributed by atoms with Gasteiger partial charge in [0.25, 0.3) is 5.89 Å². The lowest BCUT2D eigenvalue weighted by Gasteiger charge is -2.37. The number of fused-ring (bicyclic) bond motifs is 1. The van der Waals surface area contributed by atoms with Crippen LogP contribution in [0.25, 0.3) is 11.5 Å². The Morgan fingerprint density at radius 2 is 2.06 bits per heavy atom. The van der Waals surface area contributed by atoms with Crippen LogP contribution in [0.3, 0.4) is 0 Å². The Bertz CT molecular complexity index is 1120. The number of sulfonamides is 1. The third kappa shape index (κ3) is 3.70. The molecule has 3 aliphatic rings. The zero-order valence-corrected chi connectivity index (χ0v) is 17.0. The maximum absolute atomic E-state index is 13.3. The molecule has 166 valence electrons. The molecule has 31 heavy (non-hydrogen) atoms. The van der Waals surface area contributed by atoms with Crippen molar-refractivity contribution in [3.63, 3.8) is 0 Å². The first-order valence-corrected chi connectivity index (χ1v) is 11.3. The first-order chi connectivity index (χ1) is 14.8. The molecular weight excluding hydrogens is 436 g/mol. The SMILES string of the molecule is O=C(N[C@@H]1CCOC[C@H]1N1Cc2ncc(-c3nnc(C(F)F)o3)cc2S1(=O)=O)C1CC1. The van der Waals surface area contributed by atoms with Gasteiger partial charge in [-0.1, -0.05) is 0 Å². The number of nitrogens with one attached hydrogen (secondary N) is 1. The van der Waals surface area contributed by atoms with Gasteiger partial charge in [0.2, 0.25) is 21.8 Å². The molecule has 0 aromatic carbocycles. The van der Waals surface area contributed by atoms with Crippen molar-refractivity contribution in [1.82, 2.24) is 24.8 Å². The molecule has 0 unspecified atom stereocenters. The average molecular weight is 455 g/mol. The van der Waals surface area contributed by atoms with Crippen molar-refractivity contribution < 1.29 is 31.1 Å². The Morgan fingerprint density at radius 3 is 2.77 bits per heavy atom. The third-order valence-corrected chi connectivity index (χ3v) is 7.60. The van der Waals surface area contributed by atoms with E-state index in [-0.39, 0.29) is 47.4 Å². The van der Waals surface area contributed by atoms with Gasteiger partial charge < -0.3 is 14.5 Å². The fourth-order valence-corrected chi connectivity index (χ4v) is 5.65. The molecule has 1 saturated heterocycles. The van der Waals surface area contributed by atoms with Crippen molar-refractivity contribution >= 4 is 15.9 Å². The van der Waals surface area contributed by atoms with E-state index in [1.807, 2.05) is 0 Å². The van der Waals surface area contributed by atoms with Crippen LogP contribution in [0.4, 0.5) is 8.78 Å². The number of amides is 1. The lowest BCUT2D eigenvalue weighted by atomic mass is 10.0. The molecule has 2 atom stereocenters. The minimum Gasteiger partial charge on any atom is -0.415 e. The van der Waals surface area contributed by atoms with Crippen LogP contribution in [0.15, 0.2) is 21.6 Å².